The van der Waals surface area contributed by atoms with Crippen LogP contribution in [0.3, 0.4) is 0 Å². The molecule has 0 saturated carbocycles. The number of carboxylic acids is 1. The van der Waals surface area contributed by atoms with E-state index in [0.717, 1.165) is 22.6 Å². The second-order valence-corrected chi connectivity index (χ2v) is 4.81. The van der Waals surface area contributed by atoms with E-state index in [0.29, 0.717) is 6.54 Å². The number of thiazole rings is 1. The highest BCUT2D eigenvalue weighted by atomic mass is 32.1. The quantitative estimate of drug-likeness (QED) is 0.793. The van der Waals surface area contributed by atoms with Crippen molar-refractivity contribution >= 4 is 28.3 Å². The average molecular weight is 273 g/mol. The fraction of sp³-hybridized carbons (Fsp3) is 0.154. The van der Waals surface area contributed by atoms with E-state index in [4.69, 9.17) is 5.11 Å². The second-order valence-electron chi connectivity index (χ2n) is 4.09. The first-order chi connectivity index (χ1) is 9.25. The van der Waals surface area contributed by atoms with E-state index in [2.05, 4.69) is 9.97 Å². The van der Waals surface area contributed by atoms with Crippen LogP contribution >= 0.6 is 11.3 Å². The zero-order valence-corrected chi connectivity index (χ0v) is 10.8. The highest BCUT2D eigenvalue weighted by Gasteiger charge is 2.14. The Morgan fingerprint density at radius 2 is 2.21 bits per heavy atom. The van der Waals surface area contributed by atoms with E-state index in [1.54, 1.807) is 5.51 Å². The molecule has 0 aliphatic rings. The van der Waals surface area contributed by atoms with Gasteiger partial charge in [-0.2, -0.15) is 0 Å². The van der Waals surface area contributed by atoms with Crippen LogP contribution < -0.4 is 0 Å². The number of hydrogen-bond acceptors (Lipinski definition) is 4. The van der Waals surface area contributed by atoms with Gasteiger partial charge in [0, 0.05) is 11.9 Å². The molecule has 96 valence electrons. The van der Waals surface area contributed by atoms with Crippen molar-refractivity contribution < 1.29 is 9.90 Å². The average Bonchev–Trinajstić information content (AvgIpc) is 3.03. The molecule has 6 heteroatoms. The van der Waals surface area contributed by atoms with Crippen molar-refractivity contribution in [1.82, 2.24) is 14.5 Å². The number of carboxylic acid groups (broad SMARTS) is 1. The van der Waals surface area contributed by atoms with Crippen LogP contribution in [0.25, 0.3) is 22.6 Å². The molecular formula is C13H11N3O2S. The minimum absolute atomic E-state index is 0.0670. The van der Waals surface area contributed by atoms with Crippen molar-refractivity contribution in [3.63, 3.8) is 0 Å². The molecular weight excluding hydrogens is 262 g/mol. The highest BCUT2D eigenvalue weighted by Crippen LogP contribution is 2.24. The first-order valence-electron chi connectivity index (χ1n) is 5.81. The summed E-state index contributed by atoms with van der Waals surface area (Å²) in [6.45, 7) is 0.392. The molecule has 3 aromatic rings. The SMILES string of the molecule is O=C(O)CCn1c(-c2cscn2)nc2ccccc21. The molecule has 2 aromatic heterocycles. The molecule has 1 N–H and O–H groups in total. The molecule has 3 rings (SSSR count). The highest BCUT2D eigenvalue weighted by molar-refractivity contribution is 7.07. The Balaban J connectivity index is 2.14. The Hall–Kier alpha value is -2.21. The maximum atomic E-state index is 10.8. The van der Waals surface area contributed by atoms with Crippen LogP contribution in [0.2, 0.25) is 0 Å². The third-order valence-electron chi connectivity index (χ3n) is 2.87. The smallest absolute Gasteiger partial charge is 0.305 e. The maximum absolute atomic E-state index is 10.8. The van der Waals surface area contributed by atoms with Gasteiger partial charge < -0.3 is 9.67 Å². The van der Waals surface area contributed by atoms with E-state index >= 15 is 0 Å². The lowest BCUT2D eigenvalue weighted by Crippen LogP contribution is -2.06. The molecule has 5 nitrogen and oxygen atoms in total. The van der Waals surface area contributed by atoms with E-state index in [1.807, 2.05) is 34.2 Å². The number of fused-ring (bicyclic) bond motifs is 1. The molecule has 2 heterocycles. The van der Waals surface area contributed by atoms with E-state index < -0.39 is 5.97 Å². The zero-order valence-electron chi connectivity index (χ0n) is 9.98. The van der Waals surface area contributed by atoms with Gasteiger partial charge >= 0.3 is 5.97 Å². The molecule has 0 unspecified atom stereocenters. The van der Waals surface area contributed by atoms with Crippen LogP contribution in [-0.2, 0) is 11.3 Å². The molecule has 1 aromatic carbocycles. The molecule has 0 bridgehead atoms. The molecule has 19 heavy (non-hydrogen) atoms. The van der Waals surface area contributed by atoms with Crippen LogP contribution in [-0.4, -0.2) is 25.6 Å². The lowest BCUT2D eigenvalue weighted by Gasteiger charge is -2.05. The summed E-state index contributed by atoms with van der Waals surface area (Å²) in [5.41, 5.74) is 4.32. The van der Waals surface area contributed by atoms with E-state index in [1.165, 1.54) is 11.3 Å². The fourth-order valence-electron chi connectivity index (χ4n) is 2.03. The molecule has 0 radical (unpaired) electrons. The van der Waals surface area contributed by atoms with Gasteiger partial charge in [0.05, 0.1) is 23.0 Å². The lowest BCUT2D eigenvalue weighted by molar-refractivity contribution is -0.137. The van der Waals surface area contributed by atoms with Crippen LogP contribution in [0.1, 0.15) is 6.42 Å². The fourth-order valence-corrected chi connectivity index (χ4v) is 2.56. The summed E-state index contributed by atoms with van der Waals surface area (Å²) in [5.74, 6) is -0.0919. The van der Waals surface area contributed by atoms with Crippen molar-refractivity contribution in [3.05, 3.63) is 35.2 Å². The van der Waals surface area contributed by atoms with Gasteiger partial charge in [0.25, 0.3) is 0 Å². The van der Waals surface area contributed by atoms with Crippen molar-refractivity contribution in [2.45, 2.75) is 13.0 Å². The minimum Gasteiger partial charge on any atom is -0.481 e. The summed E-state index contributed by atoms with van der Waals surface area (Å²) in [6, 6.07) is 7.70. The lowest BCUT2D eigenvalue weighted by atomic mass is 10.3. The number of aryl methyl sites for hydroxylation is 1. The van der Waals surface area contributed by atoms with Gasteiger partial charge in [0.15, 0.2) is 5.82 Å². The summed E-state index contributed by atoms with van der Waals surface area (Å²) < 4.78 is 1.92. The number of aliphatic carboxylic acids is 1. The molecule has 0 amide bonds. The number of carbonyl (C=O) groups is 1. The number of nitrogens with zero attached hydrogens (tertiary/aromatic N) is 3. The monoisotopic (exact) mass is 273 g/mol. The predicted octanol–water partition coefficient (Wildman–Crippen LogP) is 2.63. The Kier molecular flexibility index (Phi) is 3.00. The summed E-state index contributed by atoms with van der Waals surface area (Å²) in [4.78, 5) is 19.6. The number of benzene rings is 1. The third kappa shape index (κ3) is 2.22. The Morgan fingerprint density at radius 1 is 1.37 bits per heavy atom. The first-order valence-corrected chi connectivity index (χ1v) is 6.75. The van der Waals surface area contributed by atoms with E-state index in [-0.39, 0.29) is 6.42 Å². The zero-order chi connectivity index (χ0) is 13.2. The summed E-state index contributed by atoms with van der Waals surface area (Å²) in [6.07, 6.45) is 0.0670. The van der Waals surface area contributed by atoms with Gasteiger partial charge in [-0.15, -0.1) is 11.3 Å². The number of rotatable bonds is 4. The number of aromatic nitrogens is 3. The number of hydrogen-bond donors (Lipinski definition) is 1. The van der Waals surface area contributed by atoms with Gasteiger partial charge in [-0.25, -0.2) is 9.97 Å². The van der Waals surface area contributed by atoms with E-state index in [9.17, 15) is 4.79 Å². The Bertz CT molecular complexity index is 719. The normalized spacial score (nSPS) is 10.9. The minimum atomic E-state index is -0.818. The summed E-state index contributed by atoms with van der Waals surface area (Å²) in [5, 5.41) is 10.8. The second kappa shape index (κ2) is 4.81. The predicted molar refractivity (Wildman–Crippen MR) is 73.1 cm³/mol. The molecule has 0 saturated heterocycles. The van der Waals surface area contributed by atoms with Crippen LogP contribution in [0.4, 0.5) is 0 Å². The van der Waals surface area contributed by atoms with Gasteiger partial charge in [-0.05, 0) is 12.1 Å². The third-order valence-corrected chi connectivity index (χ3v) is 3.45. The van der Waals surface area contributed by atoms with Crippen molar-refractivity contribution in [2.24, 2.45) is 0 Å². The largest absolute Gasteiger partial charge is 0.481 e. The standard InChI is InChI=1S/C13H11N3O2S/c17-12(18)5-6-16-11-4-2-1-3-9(11)15-13(16)10-7-19-8-14-10/h1-4,7-8H,5-6H2,(H,17,18). The van der Waals surface area contributed by atoms with Gasteiger partial charge in [-0.3, -0.25) is 4.79 Å². The number of para-hydroxylation sites is 2. The van der Waals surface area contributed by atoms with Gasteiger partial charge in [0.2, 0.25) is 0 Å². The summed E-state index contributed by atoms with van der Waals surface area (Å²) >= 11 is 1.50. The van der Waals surface area contributed by atoms with Crippen molar-refractivity contribution in [3.8, 4) is 11.5 Å². The van der Waals surface area contributed by atoms with Crippen LogP contribution in [0, 0.1) is 0 Å². The molecule has 0 aliphatic heterocycles. The Morgan fingerprint density at radius 3 is 2.95 bits per heavy atom. The van der Waals surface area contributed by atoms with Crippen molar-refractivity contribution in [1.29, 1.82) is 0 Å². The van der Waals surface area contributed by atoms with Crippen LogP contribution in [0.15, 0.2) is 35.2 Å². The van der Waals surface area contributed by atoms with Gasteiger partial charge in [-0.1, -0.05) is 12.1 Å². The van der Waals surface area contributed by atoms with Crippen molar-refractivity contribution in [2.75, 3.05) is 0 Å². The first kappa shape index (κ1) is 11.9. The van der Waals surface area contributed by atoms with Crippen LogP contribution in [0.5, 0.6) is 0 Å². The molecule has 0 fully saturated rings. The molecule has 0 spiro atoms. The molecule has 0 aliphatic carbocycles. The number of imidazole rings is 1. The molecule has 0 atom stereocenters. The summed E-state index contributed by atoms with van der Waals surface area (Å²) in [7, 11) is 0. The van der Waals surface area contributed by atoms with Gasteiger partial charge in [0.1, 0.15) is 5.69 Å². The maximum Gasteiger partial charge on any atom is 0.305 e. The topological polar surface area (TPSA) is 68.0 Å². The Labute approximate surface area is 113 Å².